The van der Waals surface area contributed by atoms with Crippen LogP contribution in [0.2, 0.25) is 0 Å². The van der Waals surface area contributed by atoms with Crippen LogP contribution < -0.4 is 0 Å². The molecule has 0 unspecified atom stereocenters. The Balaban J connectivity index is 3.03. The molecule has 1 aliphatic heterocycles. The second-order valence-electron chi connectivity index (χ2n) is 5.03. The first kappa shape index (κ1) is 19.5. The van der Waals surface area contributed by atoms with E-state index in [1.165, 1.54) is 40.0 Å². The minimum Gasteiger partial charge on any atom is -0.490 e. The second kappa shape index (κ2) is 8.90. The molecule has 9 nitrogen and oxygen atoms in total. The Morgan fingerprint density at radius 1 is 0.958 bits per heavy atom. The van der Waals surface area contributed by atoms with Gasteiger partial charge in [-0.2, -0.15) is 0 Å². The van der Waals surface area contributed by atoms with E-state index in [0.29, 0.717) is 0 Å². The first-order chi connectivity index (χ1) is 11.2. The topological polar surface area (TPSA) is 114 Å². The van der Waals surface area contributed by atoms with Crippen molar-refractivity contribution in [3.05, 3.63) is 12.3 Å². The second-order valence-corrected chi connectivity index (χ2v) is 5.03. The van der Waals surface area contributed by atoms with Gasteiger partial charge in [-0.25, -0.2) is 0 Å². The van der Waals surface area contributed by atoms with Crippen molar-refractivity contribution in [1.82, 2.24) is 0 Å². The molecule has 0 fully saturated rings. The first-order valence-corrected chi connectivity index (χ1v) is 7.18. The summed E-state index contributed by atoms with van der Waals surface area (Å²) in [5.41, 5.74) is 0. The van der Waals surface area contributed by atoms with Crippen LogP contribution in [0.15, 0.2) is 12.3 Å². The highest BCUT2D eigenvalue weighted by Crippen LogP contribution is 2.24. The van der Waals surface area contributed by atoms with E-state index < -0.39 is 48.3 Å². The van der Waals surface area contributed by atoms with Crippen molar-refractivity contribution in [2.75, 3.05) is 6.61 Å². The highest BCUT2D eigenvalue weighted by Gasteiger charge is 2.43. The van der Waals surface area contributed by atoms with Crippen molar-refractivity contribution >= 4 is 23.9 Å². The molecular weight excluding hydrogens is 324 g/mol. The van der Waals surface area contributed by atoms with E-state index in [4.69, 9.17) is 23.7 Å². The Bertz CT molecular complexity index is 525. The van der Waals surface area contributed by atoms with Gasteiger partial charge < -0.3 is 23.7 Å². The molecule has 0 saturated carbocycles. The van der Waals surface area contributed by atoms with Gasteiger partial charge in [0.05, 0.1) is 6.26 Å². The predicted octanol–water partition coefficient (Wildman–Crippen LogP) is 0.257. The van der Waals surface area contributed by atoms with Crippen molar-refractivity contribution < 1.29 is 42.9 Å². The molecule has 1 heterocycles. The molecule has 0 saturated heterocycles. The zero-order valence-corrected chi connectivity index (χ0v) is 13.8. The molecule has 0 spiro atoms. The molecule has 0 aromatic carbocycles. The van der Waals surface area contributed by atoms with Gasteiger partial charge in [-0.05, 0) is 6.08 Å². The number of carbonyl (C=O) groups excluding carboxylic acids is 4. The average molecular weight is 344 g/mol. The van der Waals surface area contributed by atoms with E-state index in [2.05, 4.69) is 0 Å². The highest BCUT2D eigenvalue weighted by molar-refractivity contribution is 5.68. The van der Waals surface area contributed by atoms with Gasteiger partial charge in [-0.15, -0.1) is 0 Å². The van der Waals surface area contributed by atoms with E-state index in [-0.39, 0.29) is 6.61 Å². The third-order valence-corrected chi connectivity index (χ3v) is 2.89. The van der Waals surface area contributed by atoms with Crippen LogP contribution in [-0.4, -0.2) is 54.9 Å². The fraction of sp³-hybridized carbons (Fsp3) is 0.600. The standard InChI is InChI=1S/C15H20O9/c1-8(16)21-7-13(23-10(3)18)14-15(24-11(4)19)12(5-6-20-14)22-9(2)17/h5-6,12-15H,7H2,1-4H3/t12-,13-,14-,15-/m1/s1. The highest BCUT2D eigenvalue weighted by atomic mass is 16.6. The van der Waals surface area contributed by atoms with Gasteiger partial charge >= 0.3 is 23.9 Å². The van der Waals surface area contributed by atoms with Crippen LogP contribution in [0.1, 0.15) is 27.7 Å². The predicted molar refractivity (Wildman–Crippen MR) is 77.3 cm³/mol. The Kier molecular flexibility index (Phi) is 7.22. The molecule has 0 radical (unpaired) electrons. The quantitative estimate of drug-likeness (QED) is 0.494. The Hall–Kier alpha value is -2.58. The maximum Gasteiger partial charge on any atom is 0.303 e. The molecule has 0 amide bonds. The monoisotopic (exact) mass is 344 g/mol. The normalized spacial score (nSPS) is 23.4. The van der Waals surface area contributed by atoms with Crippen molar-refractivity contribution in [3.8, 4) is 0 Å². The molecule has 0 aliphatic carbocycles. The lowest BCUT2D eigenvalue weighted by Crippen LogP contribution is -2.53. The van der Waals surface area contributed by atoms with E-state index in [9.17, 15) is 19.2 Å². The molecule has 9 heteroatoms. The summed E-state index contributed by atoms with van der Waals surface area (Å²) in [6.07, 6.45) is -1.45. The van der Waals surface area contributed by atoms with Crippen molar-refractivity contribution in [2.45, 2.75) is 52.1 Å². The number of carbonyl (C=O) groups is 4. The van der Waals surface area contributed by atoms with Gasteiger partial charge in [0.25, 0.3) is 0 Å². The van der Waals surface area contributed by atoms with E-state index in [1.807, 2.05) is 0 Å². The third-order valence-electron chi connectivity index (χ3n) is 2.89. The van der Waals surface area contributed by atoms with Crippen molar-refractivity contribution in [3.63, 3.8) is 0 Å². The number of hydrogen-bond donors (Lipinski definition) is 0. The molecule has 24 heavy (non-hydrogen) atoms. The fourth-order valence-corrected chi connectivity index (χ4v) is 2.12. The molecule has 1 rings (SSSR count). The number of rotatable bonds is 6. The summed E-state index contributed by atoms with van der Waals surface area (Å²) in [5.74, 6) is -2.46. The van der Waals surface area contributed by atoms with Gasteiger partial charge in [-0.1, -0.05) is 0 Å². The summed E-state index contributed by atoms with van der Waals surface area (Å²) in [5, 5.41) is 0. The molecule has 4 atom stereocenters. The summed E-state index contributed by atoms with van der Waals surface area (Å²) in [4.78, 5) is 44.9. The van der Waals surface area contributed by atoms with Gasteiger partial charge in [0.1, 0.15) is 6.61 Å². The molecule has 0 bridgehead atoms. The molecule has 0 aromatic heterocycles. The van der Waals surface area contributed by atoms with Gasteiger partial charge in [0.15, 0.2) is 24.4 Å². The molecule has 1 aliphatic rings. The summed E-state index contributed by atoms with van der Waals surface area (Å²) in [7, 11) is 0. The van der Waals surface area contributed by atoms with Crippen molar-refractivity contribution in [1.29, 1.82) is 0 Å². The summed E-state index contributed by atoms with van der Waals surface area (Å²) < 4.78 is 25.6. The largest absolute Gasteiger partial charge is 0.490 e. The van der Waals surface area contributed by atoms with Crippen LogP contribution >= 0.6 is 0 Å². The minimum absolute atomic E-state index is 0.308. The zero-order valence-electron chi connectivity index (χ0n) is 13.8. The maximum atomic E-state index is 11.4. The van der Waals surface area contributed by atoms with Crippen LogP contribution in [0, 0.1) is 0 Å². The lowest BCUT2D eigenvalue weighted by molar-refractivity contribution is -0.193. The molecule has 134 valence electrons. The van der Waals surface area contributed by atoms with Crippen LogP contribution in [-0.2, 0) is 42.9 Å². The SMILES string of the molecule is CC(=O)OC[C@@H](OC(C)=O)[C@H]1OC=C[C@@H](OC(C)=O)[C@H]1OC(C)=O. The zero-order chi connectivity index (χ0) is 18.3. The lowest BCUT2D eigenvalue weighted by atomic mass is 10.0. The van der Waals surface area contributed by atoms with E-state index >= 15 is 0 Å². The van der Waals surface area contributed by atoms with Gasteiger partial charge in [-0.3, -0.25) is 19.2 Å². The molecular formula is C15H20O9. The average Bonchev–Trinajstić information content (AvgIpc) is 2.44. The Morgan fingerprint density at radius 3 is 2.08 bits per heavy atom. The maximum absolute atomic E-state index is 11.4. The summed E-state index contributed by atoms with van der Waals surface area (Å²) in [6, 6.07) is 0. The van der Waals surface area contributed by atoms with Crippen LogP contribution in [0.5, 0.6) is 0 Å². The van der Waals surface area contributed by atoms with E-state index in [0.717, 1.165) is 0 Å². The summed E-state index contributed by atoms with van der Waals surface area (Å²) in [6.45, 7) is 4.43. The van der Waals surface area contributed by atoms with Crippen LogP contribution in [0.25, 0.3) is 0 Å². The number of esters is 4. The van der Waals surface area contributed by atoms with Gasteiger partial charge in [0.2, 0.25) is 0 Å². The Labute approximate surface area is 138 Å². The Morgan fingerprint density at radius 2 is 1.58 bits per heavy atom. The van der Waals surface area contributed by atoms with Gasteiger partial charge in [0, 0.05) is 27.7 Å². The number of ether oxygens (including phenoxy) is 5. The molecule has 0 N–H and O–H groups in total. The first-order valence-electron chi connectivity index (χ1n) is 7.18. The number of hydrogen-bond acceptors (Lipinski definition) is 9. The smallest absolute Gasteiger partial charge is 0.303 e. The van der Waals surface area contributed by atoms with E-state index in [1.54, 1.807) is 0 Å². The molecule has 0 aromatic rings. The van der Waals surface area contributed by atoms with Crippen LogP contribution in [0.4, 0.5) is 0 Å². The van der Waals surface area contributed by atoms with Crippen molar-refractivity contribution in [2.24, 2.45) is 0 Å². The minimum atomic E-state index is -1.07. The summed E-state index contributed by atoms with van der Waals surface area (Å²) >= 11 is 0. The fourth-order valence-electron chi connectivity index (χ4n) is 2.12. The van der Waals surface area contributed by atoms with Crippen LogP contribution in [0.3, 0.4) is 0 Å². The lowest BCUT2D eigenvalue weighted by Gasteiger charge is -2.36. The third kappa shape index (κ3) is 6.27.